The third kappa shape index (κ3) is 6.54. The Kier molecular flexibility index (Phi) is 7.35. The summed E-state index contributed by atoms with van der Waals surface area (Å²) in [7, 11) is 3.54. The molecule has 0 radical (unpaired) electrons. The van der Waals surface area contributed by atoms with Crippen molar-refractivity contribution in [1.82, 2.24) is 9.97 Å². The minimum Gasteiger partial charge on any atom is -0.439 e. The number of halogens is 8. The van der Waals surface area contributed by atoms with Gasteiger partial charge in [-0.15, -0.1) is 0 Å². The van der Waals surface area contributed by atoms with E-state index in [4.69, 9.17) is 9.47 Å². The highest BCUT2D eigenvalue weighted by Crippen LogP contribution is 2.37. The Balaban J connectivity index is 1.78. The van der Waals surface area contributed by atoms with E-state index in [9.17, 15) is 35.1 Å². The smallest absolute Gasteiger partial charge is 0.419 e. The van der Waals surface area contributed by atoms with Crippen molar-refractivity contribution >= 4 is 5.69 Å². The van der Waals surface area contributed by atoms with E-state index >= 15 is 0 Å². The molecule has 13 heteroatoms. The maximum absolute atomic E-state index is 13.7. The summed E-state index contributed by atoms with van der Waals surface area (Å²) in [6.45, 7) is 0. The first kappa shape index (κ1) is 27.6. The molecule has 0 saturated carbocycles. The number of ether oxygens (including phenoxy) is 2. The van der Waals surface area contributed by atoms with Crippen molar-refractivity contribution < 1.29 is 44.6 Å². The summed E-state index contributed by atoms with van der Waals surface area (Å²) in [4.78, 5) is 10.1. The van der Waals surface area contributed by atoms with Gasteiger partial charge in [-0.2, -0.15) is 36.3 Å². The molecular formula is C26H17F8N3O2. The van der Waals surface area contributed by atoms with Crippen molar-refractivity contribution in [2.75, 3.05) is 19.0 Å². The highest BCUT2D eigenvalue weighted by molar-refractivity contribution is 5.63. The van der Waals surface area contributed by atoms with Crippen LogP contribution in [0, 0.1) is 11.6 Å². The van der Waals surface area contributed by atoms with Crippen LogP contribution >= 0.6 is 0 Å². The fraction of sp³-hybridized carbons (Fsp3) is 0.154. The second kappa shape index (κ2) is 10.4. The quantitative estimate of drug-likeness (QED) is 0.225. The molecule has 0 amide bonds. The third-order valence-corrected chi connectivity index (χ3v) is 5.23. The Bertz CT molecular complexity index is 1420. The Morgan fingerprint density at radius 2 is 1.13 bits per heavy atom. The summed E-state index contributed by atoms with van der Waals surface area (Å²) < 4.78 is 117. The van der Waals surface area contributed by atoms with Crippen molar-refractivity contribution in [3.8, 4) is 34.6 Å². The molecule has 0 bridgehead atoms. The number of hydrogen-bond acceptors (Lipinski definition) is 5. The van der Waals surface area contributed by atoms with Crippen LogP contribution in [0.3, 0.4) is 0 Å². The molecule has 0 N–H and O–H groups in total. The van der Waals surface area contributed by atoms with Gasteiger partial charge < -0.3 is 14.4 Å². The molecular weight excluding hydrogens is 538 g/mol. The van der Waals surface area contributed by atoms with Gasteiger partial charge in [-0.3, -0.25) is 0 Å². The zero-order valence-electron chi connectivity index (χ0n) is 20.0. The lowest BCUT2D eigenvalue weighted by Gasteiger charge is -2.15. The molecule has 0 saturated heterocycles. The second-order valence-electron chi connectivity index (χ2n) is 8.30. The average molecular weight is 555 g/mol. The summed E-state index contributed by atoms with van der Waals surface area (Å²) in [5.41, 5.74) is -2.01. The summed E-state index contributed by atoms with van der Waals surface area (Å²) in [5.74, 6) is -4.65. The van der Waals surface area contributed by atoms with Gasteiger partial charge in [-0.25, -0.2) is 8.78 Å². The highest BCUT2D eigenvalue weighted by Gasteiger charge is 2.35. The van der Waals surface area contributed by atoms with E-state index in [-0.39, 0.29) is 17.6 Å². The second-order valence-corrected chi connectivity index (χ2v) is 8.30. The van der Waals surface area contributed by atoms with E-state index in [0.717, 1.165) is 23.9 Å². The van der Waals surface area contributed by atoms with E-state index in [1.807, 2.05) is 0 Å². The summed E-state index contributed by atoms with van der Waals surface area (Å²) in [6, 6.07) is 11.6. The largest absolute Gasteiger partial charge is 0.439 e. The molecule has 0 spiro atoms. The molecule has 0 aliphatic heterocycles. The van der Waals surface area contributed by atoms with Crippen LogP contribution in [0.5, 0.6) is 23.3 Å². The number of nitrogens with zero attached hydrogens (tertiary/aromatic N) is 3. The number of anilines is 1. The van der Waals surface area contributed by atoms with E-state index < -0.39 is 46.6 Å². The van der Waals surface area contributed by atoms with Crippen LogP contribution in [0.2, 0.25) is 0 Å². The number of benzene rings is 3. The van der Waals surface area contributed by atoms with E-state index in [1.165, 1.54) is 0 Å². The SMILES string of the molecule is CN(C)c1cccc(-c2nc(Oc3ccc(F)c(C(F)(F)F)c3)cc(Oc3ccc(F)c(C(F)(F)F)c3)n2)c1. The normalized spacial score (nSPS) is 11.8. The van der Waals surface area contributed by atoms with Crippen molar-refractivity contribution in [3.05, 3.63) is 89.5 Å². The molecule has 0 fully saturated rings. The topological polar surface area (TPSA) is 47.5 Å². The molecule has 5 nitrogen and oxygen atoms in total. The number of aromatic nitrogens is 2. The predicted molar refractivity (Wildman–Crippen MR) is 125 cm³/mol. The fourth-order valence-corrected chi connectivity index (χ4v) is 3.37. The molecule has 39 heavy (non-hydrogen) atoms. The standard InChI is InChI=1S/C26H17F8N3O2/c1-37(2)15-5-3-4-14(10-15)24-35-22(38-16-6-8-20(27)18(11-16)25(29,30)31)13-23(36-24)39-17-7-9-21(28)19(12-17)26(32,33)34/h3-13H,1-2H3. The Hall–Kier alpha value is -4.42. The Morgan fingerprint density at radius 3 is 1.56 bits per heavy atom. The van der Waals surface area contributed by atoms with Gasteiger partial charge in [-0.05, 0) is 48.5 Å². The lowest BCUT2D eigenvalue weighted by molar-refractivity contribution is -0.140. The minimum atomic E-state index is -5.00. The number of hydrogen-bond donors (Lipinski definition) is 0. The lowest BCUT2D eigenvalue weighted by atomic mass is 10.2. The molecule has 0 unspecified atom stereocenters. The monoisotopic (exact) mass is 555 g/mol. The summed E-state index contributed by atoms with van der Waals surface area (Å²) >= 11 is 0. The molecule has 0 aliphatic rings. The van der Waals surface area contributed by atoms with Gasteiger partial charge in [0.2, 0.25) is 11.8 Å². The first-order valence-corrected chi connectivity index (χ1v) is 11.0. The van der Waals surface area contributed by atoms with Crippen LogP contribution in [-0.2, 0) is 12.4 Å². The van der Waals surface area contributed by atoms with Gasteiger partial charge in [0.05, 0.1) is 17.2 Å². The van der Waals surface area contributed by atoms with E-state index in [0.29, 0.717) is 29.8 Å². The molecule has 3 aromatic carbocycles. The number of alkyl halides is 6. The van der Waals surface area contributed by atoms with Crippen molar-refractivity contribution in [3.63, 3.8) is 0 Å². The summed E-state index contributed by atoms with van der Waals surface area (Å²) in [5, 5.41) is 0. The van der Waals surface area contributed by atoms with Crippen LogP contribution in [-0.4, -0.2) is 24.1 Å². The van der Waals surface area contributed by atoms with Gasteiger partial charge in [0, 0.05) is 25.3 Å². The van der Waals surface area contributed by atoms with Crippen LogP contribution in [0.15, 0.2) is 66.7 Å². The number of rotatable bonds is 6. The zero-order valence-corrected chi connectivity index (χ0v) is 20.0. The maximum atomic E-state index is 13.7. The van der Waals surface area contributed by atoms with Gasteiger partial charge in [0.1, 0.15) is 23.1 Å². The molecule has 4 rings (SSSR count). The van der Waals surface area contributed by atoms with Gasteiger partial charge >= 0.3 is 12.4 Å². The third-order valence-electron chi connectivity index (χ3n) is 5.23. The van der Waals surface area contributed by atoms with Crippen LogP contribution in [0.1, 0.15) is 11.1 Å². The molecule has 4 aromatic rings. The maximum Gasteiger partial charge on any atom is 0.419 e. The minimum absolute atomic E-state index is 0.0532. The fourth-order valence-electron chi connectivity index (χ4n) is 3.37. The molecule has 0 aliphatic carbocycles. The highest BCUT2D eigenvalue weighted by atomic mass is 19.4. The zero-order chi connectivity index (χ0) is 28.5. The molecule has 204 valence electrons. The van der Waals surface area contributed by atoms with Crippen molar-refractivity contribution in [2.45, 2.75) is 12.4 Å². The first-order valence-electron chi connectivity index (χ1n) is 11.0. The van der Waals surface area contributed by atoms with E-state index in [1.54, 1.807) is 43.3 Å². The average Bonchev–Trinajstić information content (AvgIpc) is 2.85. The van der Waals surface area contributed by atoms with Crippen LogP contribution in [0.25, 0.3) is 11.4 Å². The van der Waals surface area contributed by atoms with Gasteiger partial charge in [-0.1, -0.05) is 12.1 Å². The molecule has 1 aromatic heterocycles. The lowest BCUT2D eigenvalue weighted by Crippen LogP contribution is -2.09. The van der Waals surface area contributed by atoms with Crippen LogP contribution in [0.4, 0.5) is 40.8 Å². The summed E-state index contributed by atoms with van der Waals surface area (Å²) in [6.07, 6.45) is -10.0. The predicted octanol–water partition coefficient (Wildman–Crippen LogP) is 8.11. The van der Waals surface area contributed by atoms with Crippen molar-refractivity contribution in [1.29, 1.82) is 0 Å². The van der Waals surface area contributed by atoms with E-state index in [2.05, 4.69) is 9.97 Å². The van der Waals surface area contributed by atoms with Gasteiger partial charge in [0.25, 0.3) is 0 Å². The molecule has 1 heterocycles. The van der Waals surface area contributed by atoms with Crippen molar-refractivity contribution in [2.24, 2.45) is 0 Å². The van der Waals surface area contributed by atoms with Crippen LogP contribution < -0.4 is 14.4 Å². The Labute approximate surface area is 216 Å². The van der Waals surface area contributed by atoms with Gasteiger partial charge in [0.15, 0.2) is 5.82 Å². The first-order chi connectivity index (χ1) is 18.2. The Morgan fingerprint density at radius 1 is 0.641 bits per heavy atom. The molecule has 0 atom stereocenters.